The Morgan fingerprint density at radius 1 is 0.912 bits per heavy atom. The zero-order valence-corrected chi connectivity index (χ0v) is 19.6. The van der Waals surface area contributed by atoms with Crippen LogP contribution in [0.1, 0.15) is 50.3 Å². The Morgan fingerprint density at radius 3 is 2.38 bits per heavy atom. The number of ether oxygens (including phenoxy) is 1. The second kappa shape index (κ2) is 9.33. The normalized spacial score (nSPS) is 20.4. The molecule has 0 N–H and O–H groups in total. The molecule has 178 valence electrons. The number of carbonyl (C=O) groups is 1. The number of hydrogen-bond acceptors (Lipinski definition) is 6. The molecule has 1 amide bonds. The van der Waals surface area contributed by atoms with Gasteiger partial charge >= 0.3 is 0 Å². The number of rotatable bonds is 4. The minimum Gasteiger partial charge on any atom is -0.381 e. The van der Waals surface area contributed by atoms with E-state index in [1.165, 1.54) is 12.8 Å². The summed E-state index contributed by atoms with van der Waals surface area (Å²) >= 11 is 0. The molecule has 34 heavy (non-hydrogen) atoms. The second-order valence-electron chi connectivity index (χ2n) is 9.71. The van der Waals surface area contributed by atoms with Crippen molar-refractivity contribution in [2.24, 2.45) is 5.92 Å². The summed E-state index contributed by atoms with van der Waals surface area (Å²) in [7, 11) is 0. The molecule has 3 aliphatic rings. The fourth-order valence-electron chi connectivity index (χ4n) is 5.62. The number of benzene rings is 1. The lowest BCUT2D eigenvalue weighted by Gasteiger charge is -2.37. The van der Waals surface area contributed by atoms with Crippen molar-refractivity contribution >= 4 is 22.8 Å². The summed E-state index contributed by atoms with van der Waals surface area (Å²) in [4.78, 5) is 27.5. The molecule has 8 nitrogen and oxygen atoms in total. The lowest BCUT2D eigenvalue weighted by Crippen LogP contribution is -2.50. The van der Waals surface area contributed by atoms with Gasteiger partial charge in [-0.15, -0.1) is 0 Å². The summed E-state index contributed by atoms with van der Waals surface area (Å²) in [6.45, 7) is 4.58. The van der Waals surface area contributed by atoms with Gasteiger partial charge in [-0.25, -0.2) is 14.6 Å². The van der Waals surface area contributed by atoms with E-state index in [4.69, 9.17) is 19.8 Å². The summed E-state index contributed by atoms with van der Waals surface area (Å²) in [6, 6.07) is 10.1. The van der Waals surface area contributed by atoms with Gasteiger partial charge in [-0.3, -0.25) is 4.79 Å². The molecule has 1 aliphatic carbocycles. The third-order valence-corrected chi connectivity index (χ3v) is 7.61. The van der Waals surface area contributed by atoms with E-state index in [2.05, 4.69) is 21.9 Å². The molecule has 1 aromatic carbocycles. The van der Waals surface area contributed by atoms with Crippen LogP contribution in [0, 0.1) is 5.92 Å². The smallest absolute Gasteiger partial charge is 0.225 e. The molecule has 0 spiro atoms. The van der Waals surface area contributed by atoms with Gasteiger partial charge in [0.1, 0.15) is 11.6 Å². The van der Waals surface area contributed by atoms with Crippen LogP contribution >= 0.6 is 0 Å². The van der Waals surface area contributed by atoms with Crippen molar-refractivity contribution in [2.75, 3.05) is 44.3 Å². The van der Waals surface area contributed by atoms with Crippen LogP contribution in [-0.2, 0) is 9.53 Å². The molecule has 2 aliphatic heterocycles. The molecule has 3 fully saturated rings. The maximum Gasteiger partial charge on any atom is 0.225 e. The molecular weight excluding hydrogens is 428 g/mol. The Kier molecular flexibility index (Phi) is 5.91. The van der Waals surface area contributed by atoms with Crippen LogP contribution in [-0.4, -0.2) is 69.9 Å². The van der Waals surface area contributed by atoms with E-state index in [9.17, 15) is 4.79 Å². The standard InChI is InChI=1S/C26H32N6O2/c33-26(20-6-4-5-7-20)31-14-12-30(13-15-31)24-22-18-27-32(21-8-2-1-3-9-21)25(22)29-23(28-24)19-10-16-34-17-11-19/h1-3,8-9,18-20H,4-7,10-17H2. The first kappa shape index (κ1) is 21.5. The van der Waals surface area contributed by atoms with Gasteiger partial charge in [0.15, 0.2) is 5.65 Å². The van der Waals surface area contributed by atoms with E-state index in [1.807, 2.05) is 29.1 Å². The molecule has 0 atom stereocenters. The summed E-state index contributed by atoms with van der Waals surface area (Å²) in [5.41, 5.74) is 1.84. The van der Waals surface area contributed by atoms with Crippen molar-refractivity contribution in [3.63, 3.8) is 0 Å². The minimum atomic E-state index is 0.238. The zero-order chi connectivity index (χ0) is 22.9. The van der Waals surface area contributed by atoms with Gasteiger partial charge in [-0.1, -0.05) is 31.0 Å². The predicted molar refractivity (Wildman–Crippen MR) is 130 cm³/mol. The number of anilines is 1. The monoisotopic (exact) mass is 460 g/mol. The van der Waals surface area contributed by atoms with Crippen LogP contribution in [0.3, 0.4) is 0 Å². The number of carbonyl (C=O) groups excluding carboxylic acids is 1. The number of piperazine rings is 1. The van der Waals surface area contributed by atoms with Gasteiger partial charge in [0.25, 0.3) is 0 Å². The molecule has 0 bridgehead atoms. The molecule has 0 radical (unpaired) electrons. The van der Waals surface area contributed by atoms with Crippen molar-refractivity contribution < 1.29 is 9.53 Å². The summed E-state index contributed by atoms with van der Waals surface area (Å²) in [6.07, 6.45) is 8.26. The summed E-state index contributed by atoms with van der Waals surface area (Å²) in [5.74, 6) is 2.71. The molecule has 2 aromatic heterocycles. The van der Waals surface area contributed by atoms with Crippen LogP contribution in [0.4, 0.5) is 5.82 Å². The third kappa shape index (κ3) is 4.04. The lowest BCUT2D eigenvalue weighted by atomic mass is 9.99. The number of para-hydroxylation sites is 1. The molecule has 1 saturated carbocycles. The molecule has 6 rings (SSSR count). The van der Waals surface area contributed by atoms with Crippen LogP contribution in [0.25, 0.3) is 16.7 Å². The van der Waals surface area contributed by atoms with E-state index in [1.54, 1.807) is 0 Å². The number of fused-ring (bicyclic) bond motifs is 1. The van der Waals surface area contributed by atoms with Gasteiger partial charge < -0.3 is 14.5 Å². The van der Waals surface area contributed by atoms with Crippen molar-refractivity contribution in [2.45, 2.75) is 44.4 Å². The van der Waals surface area contributed by atoms with Crippen molar-refractivity contribution in [1.29, 1.82) is 0 Å². The largest absolute Gasteiger partial charge is 0.381 e. The summed E-state index contributed by atoms with van der Waals surface area (Å²) in [5, 5.41) is 5.67. The Bertz CT molecular complexity index is 1140. The highest BCUT2D eigenvalue weighted by molar-refractivity contribution is 5.88. The van der Waals surface area contributed by atoms with Gasteiger partial charge in [-0.05, 0) is 37.8 Å². The fourth-order valence-corrected chi connectivity index (χ4v) is 5.62. The zero-order valence-electron chi connectivity index (χ0n) is 19.6. The van der Waals surface area contributed by atoms with Crippen LogP contribution < -0.4 is 4.90 Å². The van der Waals surface area contributed by atoms with Crippen molar-refractivity contribution in [3.05, 3.63) is 42.4 Å². The lowest BCUT2D eigenvalue weighted by molar-refractivity contribution is -0.135. The van der Waals surface area contributed by atoms with E-state index < -0.39 is 0 Å². The molecule has 3 aromatic rings. The number of hydrogen-bond donors (Lipinski definition) is 0. The first-order valence-electron chi connectivity index (χ1n) is 12.7. The average molecular weight is 461 g/mol. The highest BCUT2D eigenvalue weighted by Crippen LogP contribution is 2.32. The topological polar surface area (TPSA) is 76.4 Å². The average Bonchev–Trinajstić information content (AvgIpc) is 3.59. The fraction of sp³-hybridized carbons (Fsp3) is 0.538. The van der Waals surface area contributed by atoms with Crippen LogP contribution in [0.15, 0.2) is 36.5 Å². The van der Waals surface area contributed by atoms with E-state index in [0.29, 0.717) is 11.8 Å². The van der Waals surface area contributed by atoms with Crippen molar-refractivity contribution in [1.82, 2.24) is 24.6 Å². The van der Waals surface area contributed by atoms with Crippen LogP contribution in [0.2, 0.25) is 0 Å². The Morgan fingerprint density at radius 2 is 1.65 bits per heavy atom. The van der Waals surface area contributed by atoms with Gasteiger partial charge in [0.2, 0.25) is 5.91 Å². The van der Waals surface area contributed by atoms with E-state index >= 15 is 0 Å². The molecule has 4 heterocycles. The Labute approximate surface area is 199 Å². The van der Waals surface area contributed by atoms with Gasteiger partial charge in [0.05, 0.1) is 17.3 Å². The number of nitrogens with zero attached hydrogens (tertiary/aromatic N) is 6. The number of aromatic nitrogens is 4. The highest BCUT2D eigenvalue weighted by atomic mass is 16.5. The van der Waals surface area contributed by atoms with Crippen LogP contribution in [0.5, 0.6) is 0 Å². The van der Waals surface area contributed by atoms with Gasteiger partial charge in [0, 0.05) is 51.2 Å². The SMILES string of the molecule is O=C(C1CCCC1)N1CCN(c2nc(C3CCOCC3)nc3c2cnn3-c2ccccc2)CC1. The van der Waals surface area contributed by atoms with Gasteiger partial charge in [-0.2, -0.15) is 5.10 Å². The highest BCUT2D eigenvalue weighted by Gasteiger charge is 2.31. The first-order chi connectivity index (χ1) is 16.8. The minimum absolute atomic E-state index is 0.238. The molecule has 2 saturated heterocycles. The maximum absolute atomic E-state index is 12.9. The molecule has 0 unspecified atom stereocenters. The Hall–Kier alpha value is -3.00. The van der Waals surface area contributed by atoms with E-state index in [0.717, 1.165) is 93.4 Å². The molecular formula is C26H32N6O2. The predicted octanol–water partition coefficient (Wildman–Crippen LogP) is 3.55. The quantitative estimate of drug-likeness (QED) is 0.593. The maximum atomic E-state index is 12.9. The second-order valence-corrected chi connectivity index (χ2v) is 9.71. The van der Waals surface area contributed by atoms with Crippen molar-refractivity contribution in [3.8, 4) is 5.69 Å². The third-order valence-electron chi connectivity index (χ3n) is 7.61. The summed E-state index contributed by atoms with van der Waals surface area (Å²) < 4.78 is 7.51. The molecule has 8 heteroatoms. The van der Waals surface area contributed by atoms with E-state index in [-0.39, 0.29) is 5.92 Å². The Balaban J connectivity index is 1.32. The first-order valence-corrected chi connectivity index (χ1v) is 12.7. The number of amides is 1.